The number of nitrogens with zero attached hydrogens (tertiary/aromatic N) is 3. The molecule has 0 radical (unpaired) electrons. The minimum atomic E-state index is -0.372. The van der Waals surface area contributed by atoms with Gasteiger partial charge >= 0.3 is 0 Å². The molecule has 2 aromatic rings. The fourth-order valence-corrected chi connectivity index (χ4v) is 3.49. The maximum atomic E-state index is 13.1. The molecule has 1 unspecified atom stereocenters. The third kappa shape index (κ3) is 4.71. The molecule has 7 heteroatoms. The SMILES string of the molecule is CC(C)c1nnc(CCC(=O)N2CCC(CO)(Cc3ccc(F)cc3)C2)o1. The lowest BCUT2D eigenvalue weighted by molar-refractivity contribution is -0.130. The summed E-state index contributed by atoms with van der Waals surface area (Å²) in [6, 6.07) is 6.32. The van der Waals surface area contributed by atoms with Crippen molar-refractivity contribution in [2.24, 2.45) is 5.41 Å². The number of carbonyl (C=O) groups is 1. The number of likely N-dealkylation sites (tertiary alicyclic amines) is 1. The van der Waals surface area contributed by atoms with E-state index in [0.29, 0.717) is 44.1 Å². The van der Waals surface area contributed by atoms with Crippen LogP contribution in [-0.4, -0.2) is 45.8 Å². The predicted octanol–water partition coefficient (Wildman–Crippen LogP) is 2.72. The third-order valence-corrected chi connectivity index (χ3v) is 5.15. The average Bonchev–Trinajstić information content (AvgIpc) is 3.30. The molecule has 1 aromatic carbocycles. The van der Waals surface area contributed by atoms with Gasteiger partial charge in [-0.05, 0) is 30.5 Å². The van der Waals surface area contributed by atoms with Gasteiger partial charge in [0.1, 0.15) is 5.82 Å². The van der Waals surface area contributed by atoms with Crippen molar-refractivity contribution in [3.63, 3.8) is 0 Å². The highest BCUT2D eigenvalue weighted by atomic mass is 19.1. The molecule has 6 nitrogen and oxygen atoms in total. The molecule has 3 rings (SSSR count). The normalized spacial score (nSPS) is 19.8. The van der Waals surface area contributed by atoms with Gasteiger partial charge in [-0.25, -0.2) is 4.39 Å². The summed E-state index contributed by atoms with van der Waals surface area (Å²) in [5.41, 5.74) is 0.592. The smallest absolute Gasteiger partial charge is 0.223 e. The van der Waals surface area contributed by atoms with Crippen LogP contribution in [0.2, 0.25) is 0 Å². The minimum Gasteiger partial charge on any atom is -0.425 e. The zero-order valence-corrected chi connectivity index (χ0v) is 15.8. The fourth-order valence-electron chi connectivity index (χ4n) is 3.49. The molecular formula is C20H26FN3O3. The van der Waals surface area contributed by atoms with Crippen molar-refractivity contribution < 1.29 is 18.7 Å². The van der Waals surface area contributed by atoms with Crippen LogP contribution in [0, 0.1) is 11.2 Å². The van der Waals surface area contributed by atoms with Crippen molar-refractivity contribution in [1.29, 1.82) is 0 Å². The fraction of sp³-hybridized carbons (Fsp3) is 0.550. The summed E-state index contributed by atoms with van der Waals surface area (Å²) in [6.07, 6.45) is 2.07. The van der Waals surface area contributed by atoms with Crippen LogP contribution < -0.4 is 0 Å². The summed E-state index contributed by atoms with van der Waals surface area (Å²) >= 11 is 0. The van der Waals surface area contributed by atoms with Gasteiger partial charge < -0.3 is 14.4 Å². The van der Waals surface area contributed by atoms with Crippen LogP contribution in [0.4, 0.5) is 4.39 Å². The van der Waals surface area contributed by atoms with Gasteiger partial charge in [0.2, 0.25) is 17.7 Å². The molecule has 1 fully saturated rings. The maximum Gasteiger partial charge on any atom is 0.223 e. The second kappa shape index (κ2) is 8.17. The van der Waals surface area contributed by atoms with Crippen LogP contribution in [0.25, 0.3) is 0 Å². The number of hydrogen-bond donors (Lipinski definition) is 1. The number of hydrogen-bond acceptors (Lipinski definition) is 5. The number of amides is 1. The van der Waals surface area contributed by atoms with E-state index < -0.39 is 0 Å². The summed E-state index contributed by atoms with van der Waals surface area (Å²) < 4.78 is 18.6. The lowest BCUT2D eigenvalue weighted by atomic mass is 9.81. The van der Waals surface area contributed by atoms with Gasteiger partial charge in [-0.2, -0.15) is 0 Å². The molecule has 2 heterocycles. The highest BCUT2D eigenvalue weighted by molar-refractivity contribution is 5.76. The van der Waals surface area contributed by atoms with E-state index in [2.05, 4.69) is 10.2 Å². The molecule has 1 aromatic heterocycles. The van der Waals surface area contributed by atoms with Crippen LogP contribution in [0.15, 0.2) is 28.7 Å². The van der Waals surface area contributed by atoms with Crippen molar-refractivity contribution in [2.45, 2.75) is 45.4 Å². The number of aryl methyl sites for hydroxylation is 1. The Labute approximate surface area is 158 Å². The van der Waals surface area contributed by atoms with Crippen LogP contribution in [0.5, 0.6) is 0 Å². The number of carbonyl (C=O) groups excluding carboxylic acids is 1. The van der Waals surface area contributed by atoms with Crippen molar-refractivity contribution >= 4 is 5.91 Å². The number of rotatable bonds is 7. The van der Waals surface area contributed by atoms with Crippen LogP contribution in [0.3, 0.4) is 0 Å². The molecule has 0 bridgehead atoms. The zero-order chi connectivity index (χ0) is 19.4. The van der Waals surface area contributed by atoms with E-state index in [0.717, 1.165) is 12.0 Å². The predicted molar refractivity (Wildman–Crippen MR) is 97.5 cm³/mol. The maximum absolute atomic E-state index is 13.1. The van der Waals surface area contributed by atoms with Gasteiger partial charge in [-0.15, -0.1) is 10.2 Å². The number of benzene rings is 1. The summed E-state index contributed by atoms with van der Waals surface area (Å²) in [4.78, 5) is 14.4. The monoisotopic (exact) mass is 375 g/mol. The first-order chi connectivity index (χ1) is 12.9. The second-order valence-electron chi connectivity index (χ2n) is 7.72. The number of aliphatic hydroxyl groups excluding tert-OH is 1. The average molecular weight is 375 g/mol. The highest BCUT2D eigenvalue weighted by Gasteiger charge is 2.39. The molecule has 1 atom stereocenters. The second-order valence-corrected chi connectivity index (χ2v) is 7.72. The molecule has 1 aliphatic heterocycles. The quantitative estimate of drug-likeness (QED) is 0.805. The van der Waals surface area contributed by atoms with E-state index in [1.807, 2.05) is 13.8 Å². The molecule has 1 N–H and O–H groups in total. The first-order valence-corrected chi connectivity index (χ1v) is 9.36. The topological polar surface area (TPSA) is 79.5 Å². The van der Waals surface area contributed by atoms with Crippen molar-refractivity contribution in [3.8, 4) is 0 Å². The zero-order valence-electron chi connectivity index (χ0n) is 15.8. The molecule has 27 heavy (non-hydrogen) atoms. The highest BCUT2D eigenvalue weighted by Crippen LogP contribution is 2.34. The van der Waals surface area contributed by atoms with Crippen molar-refractivity contribution in [1.82, 2.24) is 15.1 Å². The molecule has 1 aliphatic rings. The number of aromatic nitrogens is 2. The van der Waals surface area contributed by atoms with E-state index in [1.165, 1.54) is 12.1 Å². The summed E-state index contributed by atoms with van der Waals surface area (Å²) in [7, 11) is 0. The standard InChI is InChI=1S/C20H26FN3O3/c1-14(2)19-23-22-17(27-19)7-8-18(26)24-10-9-20(12-24,13-25)11-15-3-5-16(21)6-4-15/h3-6,14,25H,7-13H2,1-2H3. The first-order valence-electron chi connectivity index (χ1n) is 9.36. The van der Waals surface area contributed by atoms with Gasteiger partial charge in [0.15, 0.2) is 0 Å². The Bertz CT molecular complexity index is 775. The molecule has 1 amide bonds. The Morgan fingerprint density at radius 3 is 2.70 bits per heavy atom. The Hall–Kier alpha value is -2.28. The lowest BCUT2D eigenvalue weighted by Gasteiger charge is -2.27. The van der Waals surface area contributed by atoms with Gasteiger partial charge in [0.05, 0.1) is 6.61 Å². The van der Waals surface area contributed by atoms with Gasteiger partial charge in [-0.3, -0.25) is 4.79 Å². The van der Waals surface area contributed by atoms with E-state index in [1.54, 1.807) is 17.0 Å². The molecule has 0 aliphatic carbocycles. The largest absolute Gasteiger partial charge is 0.425 e. The van der Waals surface area contributed by atoms with Gasteiger partial charge in [0.25, 0.3) is 0 Å². The van der Waals surface area contributed by atoms with E-state index >= 15 is 0 Å². The molecule has 0 saturated carbocycles. The molecule has 0 spiro atoms. The Morgan fingerprint density at radius 1 is 1.33 bits per heavy atom. The number of halogens is 1. The molecular weight excluding hydrogens is 349 g/mol. The Balaban J connectivity index is 1.56. The van der Waals surface area contributed by atoms with Crippen molar-refractivity contribution in [2.75, 3.05) is 19.7 Å². The summed E-state index contributed by atoms with van der Waals surface area (Å²) in [6.45, 7) is 5.06. The van der Waals surface area contributed by atoms with Gasteiger partial charge in [-0.1, -0.05) is 26.0 Å². The van der Waals surface area contributed by atoms with Crippen LogP contribution >= 0.6 is 0 Å². The Kier molecular flexibility index (Phi) is 5.89. The van der Waals surface area contributed by atoms with E-state index in [-0.39, 0.29) is 29.7 Å². The lowest BCUT2D eigenvalue weighted by Crippen LogP contribution is -2.35. The molecule has 146 valence electrons. The van der Waals surface area contributed by atoms with E-state index in [4.69, 9.17) is 4.42 Å². The minimum absolute atomic E-state index is 0.00440. The summed E-state index contributed by atoms with van der Waals surface area (Å²) in [5.74, 6) is 0.968. The van der Waals surface area contributed by atoms with E-state index in [9.17, 15) is 14.3 Å². The molecule has 1 saturated heterocycles. The first kappa shape index (κ1) is 19.5. The van der Waals surface area contributed by atoms with Crippen molar-refractivity contribution in [3.05, 3.63) is 47.4 Å². The van der Waals surface area contributed by atoms with Crippen LogP contribution in [0.1, 0.15) is 50.0 Å². The number of aliphatic hydroxyl groups is 1. The van der Waals surface area contributed by atoms with Gasteiger partial charge in [0, 0.05) is 37.3 Å². The Morgan fingerprint density at radius 2 is 2.07 bits per heavy atom. The van der Waals surface area contributed by atoms with Crippen LogP contribution in [-0.2, 0) is 17.6 Å². The third-order valence-electron chi connectivity index (χ3n) is 5.15. The summed E-state index contributed by atoms with van der Waals surface area (Å²) in [5, 5.41) is 17.9.